The van der Waals surface area contributed by atoms with Crippen LogP contribution in [0.25, 0.3) is 0 Å². The number of morpholine rings is 1. The lowest BCUT2D eigenvalue weighted by atomic mass is 10.0. The Morgan fingerprint density at radius 1 is 1.19 bits per heavy atom. The summed E-state index contributed by atoms with van der Waals surface area (Å²) >= 11 is 6.14. The molecule has 6 heteroatoms. The lowest BCUT2D eigenvalue weighted by Crippen LogP contribution is -2.45. The van der Waals surface area contributed by atoms with Crippen molar-refractivity contribution in [1.82, 2.24) is 10.2 Å². The highest BCUT2D eigenvalue weighted by molar-refractivity contribution is 6.33. The van der Waals surface area contributed by atoms with Crippen LogP contribution >= 0.6 is 11.6 Å². The van der Waals surface area contributed by atoms with E-state index in [9.17, 15) is 9.59 Å². The quantitative estimate of drug-likeness (QED) is 0.856. The fourth-order valence-electron chi connectivity index (χ4n) is 3.17. The van der Waals surface area contributed by atoms with Crippen molar-refractivity contribution in [2.24, 2.45) is 0 Å². The molecule has 0 radical (unpaired) electrons. The van der Waals surface area contributed by atoms with Gasteiger partial charge in [0.2, 0.25) is 5.91 Å². The molecular weight excluding hydrogens is 364 g/mol. The maximum Gasteiger partial charge on any atom is 0.253 e. The number of hydrogen-bond donors (Lipinski definition) is 1. The maximum absolute atomic E-state index is 12.8. The molecule has 5 nitrogen and oxygen atoms in total. The highest BCUT2D eigenvalue weighted by Gasteiger charge is 2.26. The standard InChI is InChI=1S/C21H23ClN2O3/c1-15-14-24(11-12-27-15)20(25)13-19(16-7-3-2-4-8-16)23-21(26)17-9-5-6-10-18(17)22/h2-10,15,19H,11-14H2,1H3,(H,23,26). The molecule has 27 heavy (non-hydrogen) atoms. The van der Waals surface area contributed by atoms with Gasteiger partial charge in [0, 0.05) is 13.1 Å². The number of amides is 2. The SMILES string of the molecule is CC1CN(C(=O)CC(NC(=O)c2ccccc2Cl)c2ccccc2)CCO1. The summed E-state index contributed by atoms with van der Waals surface area (Å²) in [5.41, 5.74) is 1.28. The Labute approximate surface area is 164 Å². The number of halogens is 1. The van der Waals surface area contributed by atoms with Crippen LogP contribution < -0.4 is 5.32 Å². The molecule has 1 N–H and O–H groups in total. The van der Waals surface area contributed by atoms with Gasteiger partial charge in [0.15, 0.2) is 0 Å². The van der Waals surface area contributed by atoms with Crippen molar-refractivity contribution in [3.8, 4) is 0 Å². The minimum absolute atomic E-state index is 0.00142. The van der Waals surface area contributed by atoms with E-state index in [0.29, 0.717) is 30.3 Å². The topological polar surface area (TPSA) is 58.6 Å². The van der Waals surface area contributed by atoms with Gasteiger partial charge >= 0.3 is 0 Å². The van der Waals surface area contributed by atoms with Gasteiger partial charge in [0.1, 0.15) is 0 Å². The summed E-state index contributed by atoms with van der Waals surface area (Å²) in [6, 6.07) is 16.0. The van der Waals surface area contributed by atoms with Crippen molar-refractivity contribution < 1.29 is 14.3 Å². The van der Waals surface area contributed by atoms with Crippen LogP contribution in [0.3, 0.4) is 0 Å². The van der Waals surface area contributed by atoms with Crippen LogP contribution in [0.1, 0.15) is 35.3 Å². The van der Waals surface area contributed by atoms with Crippen LogP contribution in [0.2, 0.25) is 5.02 Å². The molecule has 0 aromatic heterocycles. The summed E-state index contributed by atoms with van der Waals surface area (Å²) in [6.07, 6.45) is 0.211. The number of carbonyl (C=O) groups excluding carboxylic acids is 2. The van der Waals surface area contributed by atoms with E-state index in [1.165, 1.54) is 0 Å². The molecule has 2 aromatic rings. The smallest absolute Gasteiger partial charge is 0.253 e. The Bertz CT molecular complexity index is 797. The molecule has 1 aliphatic rings. The Morgan fingerprint density at radius 2 is 1.89 bits per heavy atom. The monoisotopic (exact) mass is 386 g/mol. The van der Waals surface area contributed by atoms with E-state index in [0.717, 1.165) is 5.56 Å². The number of nitrogens with one attached hydrogen (secondary N) is 1. The molecule has 2 aromatic carbocycles. The molecular formula is C21H23ClN2O3. The molecule has 1 aliphatic heterocycles. The number of benzene rings is 2. The first kappa shape index (κ1) is 19.4. The van der Waals surface area contributed by atoms with E-state index in [2.05, 4.69) is 5.32 Å². The molecule has 3 rings (SSSR count). The number of rotatable bonds is 5. The summed E-state index contributed by atoms with van der Waals surface area (Å²) in [5.74, 6) is -0.295. The molecule has 0 saturated carbocycles. The van der Waals surface area contributed by atoms with Crippen molar-refractivity contribution in [3.63, 3.8) is 0 Å². The van der Waals surface area contributed by atoms with Gasteiger partial charge in [-0.05, 0) is 24.6 Å². The minimum atomic E-state index is -0.430. The van der Waals surface area contributed by atoms with E-state index >= 15 is 0 Å². The fourth-order valence-corrected chi connectivity index (χ4v) is 3.39. The Kier molecular flexibility index (Phi) is 6.48. The van der Waals surface area contributed by atoms with Crippen molar-refractivity contribution in [2.75, 3.05) is 19.7 Å². The molecule has 1 saturated heterocycles. The van der Waals surface area contributed by atoms with Gasteiger partial charge < -0.3 is 15.0 Å². The number of hydrogen-bond acceptors (Lipinski definition) is 3. The van der Waals surface area contributed by atoms with Crippen LogP contribution in [0.5, 0.6) is 0 Å². The first-order valence-corrected chi connectivity index (χ1v) is 9.42. The zero-order valence-electron chi connectivity index (χ0n) is 15.2. The average Bonchev–Trinajstić information content (AvgIpc) is 2.68. The average molecular weight is 387 g/mol. The molecule has 1 fully saturated rings. The van der Waals surface area contributed by atoms with E-state index in [-0.39, 0.29) is 24.3 Å². The minimum Gasteiger partial charge on any atom is -0.375 e. The van der Waals surface area contributed by atoms with Crippen LogP contribution in [-0.2, 0) is 9.53 Å². The first-order chi connectivity index (χ1) is 13.0. The van der Waals surface area contributed by atoms with E-state index in [4.69, 9.17) is 16.3 Å². The summed E-state index contributed by atoms with van der Waals surface area (Å²) in [6.45, 7) is 3.63. The van der Waals surface area contributed by atoms with Crippen molar-refractivity contribution in [3.05, 3.63) is 70.7 Å². The number of carbonyl (C=O) groups is 2. The third-order valence-electron chi connectivity index (χ3n) is 4.60. The van der Waals surface area contributed by atoms with E-state index in [1.807, 2.05) is 37.3 Å². The molecule has 0 spiro atoms. The summed E-state index contributed by atoms with van der Waals surface area (Å²) < 4.78 is 5.51. The van der Waals surface area contributed by atoms with Crippen molar-refractivity contribution in [2.45, 2.75) is 25.5 Å². The van der Waals surface area contributed by atoms with Gasteiger partial charge in [-0.25, -0.2) is 0 Å². The highest BCUT2D eigenvalue weighted by Crippen LogP contribution is 2.21. The van der Waals surface area contributed by atoms with Gasteiger partial charge in [0.25, 0.3) is 5.91 Å². The maximum atomic E-state index is 12.8. The molecule has 1 heterocycles. The predicted molar refractivity (Wildman–Crippen MR) is 105 cm³/mol. The molecule has 2 amide bonds. The summed E-state index contributed by atoms with van der Waals surface area (Å²) in [4.78, 5) is 27.3. The molecule has 2 atom stereocenters. The molecule has 142 valence electrons. The Hall–Kier alpha value is -2.37. The van der Waals surface area contributed by atoms with E-state index in [1.54, 1.807) is 29.2 Å². The lowest BCUT2D eigenvalue weighted by molar-refractivity contribution is -0.138. The highest BCUT2D eigenvalue weighted by atomic mass is 35.5. The second-order valence-electron chi connectivity index (χ2n) is 6.64. The molecule has 0 bridgehead atoms. The van der Waals surface area contributed by atoms with Gasteiger partial charge in [-0.3, -0.25) is 9.59 Å². The van der Waals surface area contributed by atoms with Crippen LogP contribution in [0, 0.1) is 0 Å². The van der Waals surface area contributed by atoms with Crippen molar-refractivity contribution >= 4 is 23.4 Å². The molecule has 2 unspecified atom stereocenters. The second-order valence-corrected chi connectivity index (χ2v) is 7.05. The fraction of sp³-hybridized carbons (Fsp3) is 0.333. The van der Waals surface area contributed by atoms with Gasteiger partial charge in [0.05, 0.1) is 35.8 Å². The third kappa shape index (κ3) is 5.08. The van der Waals surface area contributed by atoms with Crippen LogP contribution in [0.4, 0.5) is 0 Å². The Morgan fingerprint density at radius 3 is 2.59 bits per heavy atom. The zero-order valence-corrected chi connectivity index (χ0v) is 16.0. The predicted octanol–water partition coefficient (Wildman–Crippen LogP) is 3.45. The summed E-state index contributed by atoms with van der Waals surface area (Å²) in [5, 5.41) is 3.35. The van der Waals surface area contributed by atoms with Gasteiger partial charge in [-0.2, -0.15) is 0 Å². The Balaban J connectivity index is 1.76. The van der Waals surface area contributed by atoms with Crippen LogP contribution in [-0.4, -0.2) is 42.5 Å². The number of ether oxygens (including phenoxy) is 1. The normalized spacial score (nSPS) is 18.0. The molecule has 0 aliphatic carbocycles. The van der Waals surface area contributed by atoms with Gasteiger partial charge in [-0.15, -0.1) is 0 Å². The first-order valence-electron chi connectivity index (χ1n) is 9.04. The van der Waals surface area contributed by atoms with E-state index < -0.39 is 6.04 Å². The van der Waals surface area contributed by atoms with Crippen LogP contribution in [0.15, 0.2) is 54.6 Å². The third-order valence-corrected chi connectivity index (χ3v) is 4.93. The lowest BCUT2D eigenvalue weighted by Gasteiger charge is -2.32. The summed E-state index contributed by atoms with van der Waals surface area (Å²) in [7, 11) is 0. The van der Waals surface area contributed by atoms with Gasteiger partial charge in [-0.1, -0.05) is 54.1 Å². The largest absolute Gasteiger partial charge is 0.375 e. The number of nitrogens with zero attached hydrogens (tertiary/aromatic N) is 1. The zero-order chi connectivity index (χ0) is 19.2. The van der Waals surface area contributed by atoms with Crippen molar-refractivity contribution in [1.29, 1.82) is 0 Å². The second kappa shape index (κ2) is 9.02.